The topological polar surface area (TPSA) is 32.8 Å². The normalized spacial score (nSPS) is 27.1. The average molecular weight is 274 g/mol. The summed E-state index contributed by atoms with van der Waals surface area (Å²) in [6.07, 6.45) is 2.26. The van der Waals surface area contributed by atoms with E-state index in [0.717, 1.165) is 18.7 Å². The van der Waals surface area contributed by atoms with Gasteiger partial charge in [0.1, 0.15) is 6.10 Å². The zero-order chi connectivity index (χ0) is 13.9. The van der Waals surface area contributed by atoms with Crippen molar-refractivity contribution in [3.63, 3.8) is 0 Å². The molecule has 2 atom stereocenters. The smallest absolute Gasteiger partial charge is 0.410 e. The van der Waals surface area contributed by atoms with Crippen LogP contribution in [0.5, 0.6) is 0 Å². The fourth-order valence-corrected chi connectivity index (χ4v) is 3.14. The lowest BCUT2D eigenvalue weighted by molar-refractivity contribution is 0.130. The Morgan fingerprint density at radius 3 is 2.55 bits per heavy atom. The molecule has 2 aliphatic heterocycles. The Morgan fingerprint density at radius 1 is 1.15 bits per heavy atom. The van der Waals surface area contributed by atoms with Gasteiger partial charge in [0, 0.05) is 13.1 Å². The first-order valence-corrected chi connectivity index (χ1v) is 7.50. The summed E-state index contributed by atoms with van der Waals surface area (Å²) < 4.78 is 5.56. The Morgan fingerprint density at radius 2 is 1.85 bits per heavy atom. The number of nitrogens with zero attached hydrogens (tertiary/aromatic N) is 2. The van der Waals surface area contributed by atoms with Crippen molar-refractivity contribution in [1.29, 1.82) is 0 Å². The summed E-state index contributed by atoms with van der Waals surface area (Å²) in [5.41, 5.74) is 1.08. The maximum atomic E-state index is 12.1. The van der Waals surface area contributed by atoms with Gasteiger partial charge in [-0.2, -0.15) is 0 Å². The molecule has 108 valence electrons. The van der Waals surface area contributed by atoms with E-state index in [1.165, 1.54) is 25.9 Å². The lowest BCUT2D eigenvalue weighted by Gasteiger charge is -2.23. The highest BCUT2D eigenvalue weighted by Crippen LogP contribution is 2.31. The minimum Gasteiger partial charge on any atom is -0.439 e. The third kappa shape index (κ3) is 2.66. The molecular weight excluding hydrogens is 252 g/mol. The number of rotatable bonds is 4. The molecule has 0 bridgehead atoms. The molecule has 1 aromatic rings. The highest BCUT2D eigenvalue weighted by atomic mass is 16.6. The minimum atomic E-state index is -0.175. The second-order valence-electron chi connectivity index (χ2n) is 5.70. The highest BCUT2D eigenvalue weighted by Gasteiger charge is 2.39. The van der Waals surface area contributed by atoms with Gasteiger partial charge in [0.25, 0.3) is 0 Å². The molecule has 2 unspecified atom stereocenters. The summed E-state index contributed by atoms with van der Waals surface area (Å²) in [6.45, 7) is 6.13. The van der Waals surface area contributed by atoms with Crippen molar-refractivity contribution in [1.82, 2.24) is 9.80 Å². The van der Waals surface area contributed by atoms with E-state index in [1.54, 1.807) is 0 Å². The molecule has 2 heterocycles. The van der Waals surface area contributed by atoms with E-state index >= 15 is 0 Å². The predicted octanol–water partition coefficient (Wildman–Crippen LogP) is 2.66. The van der Waals surface area contributed by atoms with Gasteiger partial charge in [0.2, 0.25) is 0 Å². The van der Waals surface area contributed by atoms with Crippen LogP contribution in [-0.4, -0.2) is 48.1 Å². The van der Waals surface area contributed by atoms with Crippen LogP contribution in [0, 0.1) is 0 Å². The van der Waals surface area contributed by atoms with E-state index in [9.17, 15) is 4.79 Å². The Bertz CT molecular complexity index is 457. The lowest BCUT2D eigenvalue weighted by atomic mass is 10.0. The molecule has 2 fully saturated rings. The molecule has 4 nitrogen and oxygen atoms in total. The number of carbonyl (C=O) groups is 1. The van der Waals surface area contributed by atoms with Gasteiger partial charge in [0.15, 0.2) is 0 Å². The average Bonchev–Trinajstić information content (AvgIpc) is 3.07. The molecule has 1 amide bonds. The van der Waals surface area contributed by atoms with Crippen LogP contribution in [0.25, 0.3) is 0 Å². The molecule has 2 saturated heterocycles. The molecule has 1 aromatic carbocycles. The summed E-state index contributed by atoms with van der Waals surface area (Å²) in [6, 6.07) is 10.1. The van der Waals surface area contributed by atoms with Crippen LogP contribution < -0.4 is 0 Å². The van der Waals surface area contributed by atoms with Gasteiger partial charge in [-0.3, -0.25) is 0 Å². The van der Waals surface area contributed by atoms with Crippen molar-refractivity contribution in [2.75, 3.05) is 26.2 Å². The van der Waals surface area contributed by atoms with E-state index in [-0.39, 0.29) is 18.2 Å². The van der Waals surface area contributed by atoms with Crippen LogP contribution in [0.15, 0.2) is 30.3 Å². The van der Waals surface area contributed by atoms with Crippen LogP contribution in [0.1, 0.15) is 31.4 Å². The fourth-order valence-electron chi connectivity index (χ4n) is 3.14. The maximum Gasteiger partial charge on any atom is 0.410 e. The summed E-state index contributed by atoms with van der Waals surface area (Å²) in [5.74, 6) is 0. The third-order valence-corrected chi connectivity index (χ3v) is 4.38. The summed E-state index contributed by atoms with van der Waals surface area (Å²) in [5, 5.41) is 0. The first-order valence-electron chi connectivity index (χ1n) is 7.50. The molecule has 3 rings (SSSR count). The lowest BCUT2D eigenvalue weighted by Crippen LogP contribution is -2.38. The maximum absolute atomic E-state index is 12.1. The minimum absolute atomic E-state index is 0.104. The van der Waals surface area contributed by atoms with Gasteiger partial charge in [0.05, 0.1) is 6.04 Å². The number of benzene rings is 1. The number of hydrogen-bond donors (Lipinski definition) is 0. The largest absolute Gasteiger partial charge is 0.439 e. The molecule has 20 heavy (non-hydrogen) atoms. The van der Waals surface area contributed by atoms with Crippen molar-refractivity contribution in [3.05, 3.63) is 35.9 Å². The monoisotopic (exact) mass is 274 g/mol. The Hall–Kier alpha value is -1.55. The third-order valence-electron chi connectivity index (χ3n) is 4.38. The molecule has 0 aromatic heterocycles. The Balaban J connectivity index is 1.62. The van der Waals surface area contributed by atoms with Crippen LogP contribution >= 0.6 is 0 Å². The first-order chi connectivity index (χ1) is 9.75. The van der Waals surface area contributed by atoms with Gasteiger partial charge in [-0.1, -0.05) is 30.3 Å². The van der Waals surface area contributed by atoms with Crippen molar-refractivity contribution in [3.8, 4) is 0 Å². The molecule has 0 spiro atoms. The Kier molecular flexibility index (Phi) is 3.92. The Labute approximate surface area is 120 Å². The van der Waals surface area contributed by atoms with Gasteiger partial charge in [-0.05, 0) is 38.4 Å². The highest BCUT2D eigenvalue weighted by molar-refractivity contribution is 5.71. The molecule has 0 N–H and O–H groups in total. The molecule has 0 aliphatic carbocycles. The van der Waals surface area contributed by atoms with Gasteiger partial charge in [-0.25, -0.2) is 4.79 Å². The van der Waals surface area contributed by atoms with Crippen molar-refractivity contribution in [2.24, 2.45) is 0 Å². The van der Waals surface area contributed by atoms with E-state index in [4.69, 9.17) is 4.74 Å². The zero-order valence-corrected chi connectivity index (χ0v) is 12.0. The number of amides is 1. The second-order valence-corrected chi connectivity index (χ2v) is 5.70. The number of ether oxygens (including phenoxy) is 1. The molecule has 0 radical (unpaired) electrons. The van der Waals surface area contributed by atoms with Crippen LogP contribution in [0.4, 0.5) is 4.79 Å². The number of hydrogen-bond acceptors (Lipinski definition) is 3. The van der Waals surface area contributed by atoms with E-state index in [1.807, 2.05) is 35.2 Å². The van der Waals surface area contributed by atoms with Crippen LogP contribution in [0.3, 0.4) is 0 Å². The van der Waals surface area contributed by atoms with Gasteiger partial charge < -0.3 is 14.5 Å². The van der Waals surface area contributed by atoms with E-state index in [2.05, 4.69) is 11.8 Å². The molecule has 4 heteroatoms. The zero-order valence-electron chi connectivity index (χ0n) is 12.0. The second kappa shape index (κ2) is 5.83. The van der Waals surface area contributed by atoms with Gasteiger partial charge >= 0.3 is 6.09 Å². The molecular formula is C16H22N2O2. The number of carbonyl (C=O) groups excluding carboxylic acids is 1. The summed E-state index contributed by atoms with van der Waals surface area (Å²) >= 11 is 0. The van der Waals surface area contributed by atoms with Crippen molar-refractivity contribution in [2.45, 2.75) is 31.9 Å². The first kappa shape index (κ1) is 13.4. The fraction of sp³-hybridized carbons (Fsp3) is 0.562. The van der Waals surface area contributed by atoms with Crippen LogP contribution in [0.2, 0.25) is 0 Å². The number of likely N-dealkylation sites (tertiary alicyclic amines) is 1. The molecule has 0 saturated carbocycles. The van der Waals surface area contributed by atoms with E-state index in [0.29, 0.717) is 0 Å². The SMILES string of the molecule is CC1C(c2ccccc2)OC(=O)N1CCN1CCCC1. The summed E-state index contributed by atoms with van der Waals surface area (Å²) in [7, 11) is 0. The standard InChI is InChI=1S/C16H22N2O2/c1-13-15(14-7-3-2-4-8-14)20-16(19)18(13)12-11-17-9-5-6-10-17/h2-4,7-8,13,15H,5-6,9-12H2,1H3. The van der Waals surface area contributed by atoms with Crippen molar-refractivity contribution < 1.29 is 9.53 Å². The van der Waals surface area contributed by atoms with Crippen molar-refractivity contribution >= 4 is 6.09 Å². The summed E-state index contributed by atoms with van der Waals surface area (Å²) in [4.78, 5) is 16.4. The number of cyclic esters (lactones) is 1. The van der Waals surface area contributed by atoms with E-state index < -0.39 is 0 Å². The van der Waals surface area contributed by atoms with Gasteiger partial charge in [-0.15, -0.1) is 0 Å². The van der Waals surface area contributed by atoms with Crippen LogP contribution in [-0.2, 0) is 4.74 Å². The molecule has 2 aliphatic rings. The predicted molar refractivity (Wildman–Crippen MR) is 77.5 cm³/mol. The quantitative estimate of drug-likeness (QED) is 0.846.